The number of esters is 2. The van der Waals surface area contributed by atoms with Gasteiger partial charge in [-0.2, -0.15) is 0 Å². The van der Waals surface area contributed by atoms with Gasteiger partial charge in [0.05, 0.1) is 20.3 Å². The molecule has 0 heterocycles. The first-order valence-corrected chi connectivity index (χ1v) is 7.87. The lowest BCUT2D eigenvalue weighted by Gasteiger charge is -2.25. The van der Waals surface area contributed by atoms with Crippen molar-refractivity contribution in [2.75, 3.05) is 46.6 Å². The van der Waals surface area contributed by atoms with Crippen LogP contribution in [0.1, 0.15) is 20.8 Å². The van der Waals surface area contributed by atoms with E-state index in [9.17, 15) is 14.4 Å². The lowest BCUT2D eigenvalue weighted by atomic mass is 10.3. The van der Waals surface area contributed by atoms with E-state index in [0.717, 1.165) is 12.2 Å². The minimum absolute atomic E-state index is 0.353. The molecule has 0 aromatic heterocycles. The van der Waals surface area contributed by atoms with Gasteiger partial charge in [0.2, 0.25) is 0 Å². The van der Waals surface area contributed by atoms with Crippen LogP contribution in [-0.2, 0) is 33.3 Å². The first-order valence-electron chi connectivity index (χ1n) is 7.87. The van der Waals surface area contributed by atoms with Crippen LogP contribution in [-0.4, -0.2) is 75.5 Å². The maximum atomic E-state index is 12.4. The van der Waals surface area contributed by atoms with Crippen LogP contribution < -0.4 is 0 Å². The fraction of sp³-hybridized carbons (Fsp3) is 0.688. The summed E-state index contributed by atoms with van der Waals surface area (Å²) in [5.74, 6) is -1.83. The zero-order valence-electron chi connectivity index (χ0n) is 14.8. The molecule has 0 radical (unpaired) electrons. The van der Waals surface area contributed by atoms with Crippen LogP contribution in [0, 0.1) is 0 Å². The predicted octanol–water partition coefficient (Wildman–Crippen LogP) is 0.549. The third kappa shape index (κ3) is 9.96. The summed E-state index contributed by atoms with van der Waals surface area (Å²) < 4.78 is 19.9. The summed E-state index contributed by atoms with van der Waals surface area (Å²) in [5, 5.41) is 0. The number of carbonyl (C=O) groups excluding carboxylic acids is 3. The summed E-state index contributed by atoms with van der Waals surface area (Å²) in [7, 11) is 1.19. The number of hydrogen-bond donors (Lipinski definition) is 0. The summed E-state index contributed by atoms with van der Waals surface area (Å²) in [6, 6.07) is 0. The smallest absolute Gasteiger partial charge is 0.331 e. The minimum Gasteiger partial charge on any atom is -0.466 e. The number of nitrogens with zero attached hydrogens (tertiary/aromatic N) is 1. The van der Waals surface area contributed by atoms with Crippen molar-refractivity contribution < 1.29 is 33.3 Å². The zero-order chi connectivity index (χ0) is 18.4. The Kier molecular flexibility index (Phi) is 12.4. The van der Waals surface area contributed by atoms with Crippen molar-refractivity contribution in [2.24, 2.45) is 0 Å². The van der Waals surface area contributed by atoms with Crippen molar-refractivity contribution in [3.63, 3.8) is 0 Å². The molecule has 0 aliphatic heterocycles. The largest absolute Gasteiger partial charge is 0.466 e. The number of methoxy groups -OCH3 is 1. The molecule has 1 amide bonds. The van der Waals surface area contributed by atoms with Crippen molar-refractivity contribution in [1.29, 1.82) is 0 Å². The topological polar surface area (TPSA) is 91.4 Å². The molecule has 0 aliphatic carbocycles. The van der Waals surface area contributed by atoms with Crippen molar-refractivity contribution in [3.05, 3.63) is 12.2 Å². The Balaban J connectivity index is 4.58. The van der Waals surface area contributed by atoms with Crippen LogP contribution in [0.2, 0.25) is 0 Å². The number of carbonyl (C=O) groups is 3. The summed E-state index contributed by atoms with van der Waals surface area (Å²) in [6.45, 7) is 7.83. The Morgan fingerprint density at radius 3 is 1.92 bits per heavy atom. The molecule has 24 heavy (non-hydrogen) atoms. The van der Waals surface area contributed by atoms with E-state index in [-0.39, 0.29) is 5.91 Å². The Hall–Kier alpha value is -1.93. The fourth-order valence-electron chi connectivity index (χ4n) is 1.70. The molecule has 0 saturated heterocycles. The zero-order valence-corrected chi connectivity index (χ0v) is 14.8. The van der Waals surface area contributed by atoms with Gasteiger partial charge in [0.15, 0.2) is 6.10 Å². The molecule has 0 N–H and O–H groups in total. The van der Waals surface area contributed by atoms with Gasteiger partial charge in [-0.3, -0.25) is 4.79 Å². The van der Waals surface area contributed by atoms with E-state index in [1.165, 1.54) is 18.9 Å². The quantitative estimate of drug-likeness (QED) is 0.290. The SMILES string of the molecule is CCOCCN(CCOCC)C(=O)C(C)OC(=O)/C=C/C(=O)OC. The first-order chi connectivity index (χ1) is 11.5. The third-order valence-electron chi connectivity index (χ3n) is 2.93. The van der Waals surface area contributed by atoms with Crippen molar-refractivity contribution in [3.8, 4) is 0 Å². The standard InChI is InChI=1S/C16H27NO7/c1-5-22-11-9-17(10-12-23-6-2)16(20)13(3)24-15(19)8-7-14(18)21-4/h7-8,13H,5-6,9-12H2,1-4H3/b8-7+. The van der Waals surface area contributed by atoms with E-state index in [1.807, 2.05) is 13.8 Å². The summed E-state index contributed by atoms with van der Waals surface area (Å²) >= 11 is 0. The van der Waals surface area contributed by atoms with Gasteiger partial charge in [0, 0.05) is 38.5 Å². The van der Waals surface area contributed by atoms with Crippen LogP contribution in [0.15, 0.2) is 12.2 Å². The predicted molar refractivity (Wildman–Crippen MR) is 86.3 cm³/mol. The Morgan fingerprint density at radius 2 is 1.46 bits per heavy atom. The van der Waals surface area contributed by atoms with E-state index in [4.69, 9.17) is 14.2 Å². The second-order valence-corrected chi connectivity index (χ2v) is 4.65. The molecular formula is C16H27NO7. The third-order valence-corrected chi connectivity index (χ3v) is 2.93. The lowest BCUT2D eigenvalue weighted by molar-refractivity contribution is -0.156. The second kappa shape index (κ2) is 13.5. The van der Waals surface area contributed by atoms with Gasteiger partial charge < -0.3 is 23.8 Å². The number of hydrogen-bond acceptors (Lipinski definition) is 7. The molecule has 0 fully saturated rings. The van der Waals surface area contributed by atoms with Crippen LogP contribution in [0.5, 0.6) is 0 Å². The molecule has 8 heteroatoms. The van der Waals surface area contributed by atoms with Gasteiger partial charge in [-0.05, 0) is 20.8 Å². The van der Waals surface area contributed by atoms with Crippen molar-refractivity contribution in [2.45, 2.75) is 26.9 Å². The molecule has 0 saturated carbocycles. The van der Waals surface area contributed by atoms with Gasteiger partial charge in [0.1, 0.15) is 0 Å². The van der Waals surface area contributed by atoms with Gasteiger partial charge in [-0.15, -0.1) is 0 Å². The van der Waals surface area contributed by atoms with Crippen LogP contribution in [0.25, 0.3) is 0 Å². The Morgan fingerprint density at radius 1 is 0.958 bits per heavy atom. The second-order valence-electron chi connectivity index (χ2n) is 4.65. The summed E-state index contributed by atoms with van der Waals surface area (Å²) in [6.07, 6.45) is 0.866. The molecule has 1 unspecified atom stereocenters. The van der Waals surface area contributed by atoms with Crippen molar-refractivity contribution >= 4 is 17.8 Å². The normalized spacial score (nSPS) is 12.0. The van der Waals surface area contributed by atoms with Crippen molar-refractivity contribution in [1.82, 2.24) is 4.90 Å². The summed E-state index contributed by atoms with van der Waals surface area (Å²) in [5.41, 5.74) is 0. The van der Waals surface area contributed by atoms with E-state index in [1.54, 1.807) is 0 Å². The minimum atomic E-state index is -0.983. The fourth-order valence-corrected chi connectivity index (χ4v) is 1.70. The van der Waals surface area contributed by atoms with Gasteiger partial charge in [-0.25, -0.2) is 9.59 Å². The molecule has 0 aromatic carbocycles. The molecule has 1 atom stereocenters. The number of ether oxygens (including phenoxy) is 4. The highest BCUT2D eigenvalue weighted by molar-refractivity contribution is 5.93. The van der Waals surface area contributed by atoms with E-state index in [2.05, 4.69) is 4.74 Å². The number of amides is 1. The highest BCUT2D eigenvalue weighted by atomic mass is 16.5. The van der Waals surface area contributed by atoms with Crippen LogP contribution in [0.3, 0.4) is 0 Å². The van der Waals surface area contributed by atoms with E-state index >= 15 is 0 Å². The highest BCUT2D eigenvalue weighted by Gasteiger charge is 2.23. The molecule has 0 aliphatic rings. The molecular weight excluding hydrogens is 318 g/mol. The average Bonchev–Trinajstić information content (AvgIpc) is 2.57. The lowest BCUT2D eigenvalue weighted by Crippen LogP contribution is -2.43. The average molecular weight is 345 g/mol. The first kappa shape index (κ1) is 22.1. The molecule has 0 spiro atoms. The van der Waals surface area contributed by atoms with Gasteiger partial charge >= 0.3 is 11.9 Å². The Bertz CT molecular complexity index is 413. The van der Waals surface area contributed by atoms with Crippen LogP contribution in [0.4, 0.5) is 0 Å². The summed E-state index contributed by atoms with van der Waals surface area (Å²) in [4.78, 5) is 36.4. The molecule has 0 rings (SSSR count). The Labute approximate surface area is 142 Å². The van der Waals surface area contributed by atoms with E-state index in [0.29, 0.717) is 39.5 Å². The van der Waals surface area contributed by atoms with Gasteiger partial charge in [0.25, 0.3) is 5.91 Å². The number of rotatable bonds is 12. The maximum Gasteiger partial charge on any atom is 0.331 e. The van der Waals surface area contributed by atoms with E-state index < -0.39 is 18.0 Å². The molecule has 138 valence electrons. The highest BCUT2D eigenvalue weighted by Crippen LogP contribution is 2.02. The molecule has 0 aromatic rings. The van der Waals surface area contributed by atoms with Crippen LogP contribution >= 0.6 is 0 Å². The molecule has 0 bridgehead atoms. The molecule has 8 nitrogen and oxygen atoms in total. The monoisotopic (exact) mass is 345 g/mol. The maximum absolute atomic E-state index is 12.4. The van der Waals surface area contributed by atoms with Gasteiger partial charge in [-0.1, -0.05) is 0 Å².